The molecule has 0 spiro atoms. The zero-order valence-electron chi connectivity index (χ0n) is 39.2. The molecule has 4 heterocycles. The van der Waals surface area contributed by atoms with Crippen LogP contribution >= 0.6 is 23.5 Å². The highest BCUT2D eigenvalue weighted by atomic mass is 32.2. The van der Waals surface area contributed by atoms with Gasteiger partial charge in [0, 0.05) is 22.9 Å². The summed E-state index contributed by atoms with van der Waals surface area (Å²) in [5.74, 6) is 10.00. The summed E-state index contributed by atoms with van der Waals surface area (Å²) in [4.78, 5) is 60.3. The first-order valence-corrected chi connectivity index (χ1v) is 24.3. The lowest BCUT2D eigenvalue weighted by Crippen LogP contribution is -2.58. The highest BCUT2D eigenvalue weighted by Crippen LogP contribution is 2.29. The second-order valence-corrected chi connectivity index (χ2v) is 18.5. The highest BCUT2D eigenvalue weighted by molar-refractivity contribution is 7.99. The second-order valence-electron chi connectivity index (χ2n) is 16.4. The fourth-order valence-corrected chi connectivity index (χ4v) is 9.22. The Morgan fingerprint density at radius 3 is 1.43 bits per heavy atom. The van der Waals surface area contributed by atoms with Crippen molar-refractivity contribution in [2.24, 2.45) is 0 Å². The molecule has 4 amide bonds. The average Bonchev–Trinajstić information content (AvgIpc) is 4.20. The number of ether oxygens (including phenoxy) is 2. The Kier molecular flexibility index (Phi) is 19.7. The maximum Gasteiger partial charge on any atom is 0.248 e. The molecule has 4 aromatic rings. The molecule has 1 unspecified atom stereocenters. The molecule has 2 fully saturated rings. The molecule has 0 bridgehead atoms. The number of hydrogen-bond donors (Lipinski definition) is 4. The fraction of sp³-hybridized carbons (Fsp3) is 0.522. The number of nitrogens with zero attached hydrogens (tertiary/aromatic N) is 10. The van der Waals surface area contributed by atoms with Crippen LogP contribution in [0.15, 0.2) is 80.8 Å². The van der Waals surface area contributed by atoms with E-state index in [1.807, 2.05) is 60.7 Å². The second kappa shape index (κ2) is 26.0. The number of amides is 4. The normalized spacial score (nSPS) is 18.3. The Labute approximate surface area is 405 Å². The van der Waals surface area contributed by atoms with E-state index in [-0.39, 0.29) is 48.9 Å². The lowest BCUT2D eigenvalue weighted by molar-refractivity contribution is -0.142. The van der Waals surface area contributed by atoms with E-state index >= 15 is 0 Å². The molecule has 0 saturated carbocycles. The van der Waals surface area contributed by atoms with Crippen LogP contribution in [0, 0.1) is 23.7 Å². The summed E-state index contributed by atoms with van der Waals surface area (Å²) < 4.78 is 15.5. The lowest BCUT2D eigenvalue weighted by atomic mass is 10.1. The molecule has 0 aliphatic carbocycles. The number of likely N-dealkylation sites (tertiary alicyclic amines) is 2. The van der Waals surface area contributed by atoms with E-state index in [9.17, 15) is 19.2 Å². The molecule has 2 aliphatic rings. The largest absolute Gasteiger partial charge is 0.363 e. The molecular weight excluding hydrogens is 909 g/mol. The van der Waals surface area contributed by atoms with Gasteiger partial charge in [0.1, 0.15) is 25.3 Å². The molecule has 68 heavy (non-hydrogen) atoms. The fourth-order valence-electron chi connectivity index (χ4n) is 7.62. The van der Waals surface area contributed by atoms with Crippen molar-refractivity contribution in [2.45, 2.75) is 135 Å². The molecule has 2 saturated heterocycles. The van der Waals surface area contributed by atoms with Crippen LogP contribution in [0.5, 0.6) is 0 Å². The van der Waals surface area contributed by atoms with Crippen molar-refractivity contribution >= 4 is 47.2 Å². The summed E-state index contributed by atoms with van der Waals surface area (Å²) in [6.07, 6.45) is 1.58. The molecule has 4 N–H and O–H groups in total. The van der Waals surface area contributed by atoms with Crippen molar-refractivity contribution in [1.82, 2.24) is 71.5 Å². The number of rotatable bonds is 22. The van der Waals surface area contributed by atoms with Crippen LogP contribution in [-0.4, -0.2) is 163 Å². The molecule has 22 heteroatoms. The molecule has 20 nitrogen and oxygen atoms in total. The van der Waals surface area contributed by atoms with E-state index in [0.717, 1.165) is 35.5 Å². The molecule has 362 valence electrons. The molecule has 2 aliphatic heterocycles. The molecule has 6 rings (SSSR count). The number of likely N-dealkylation sites (N-methyl/N-ethyl adjacent to an activating group) is 2. The predicted molar refractivity (Wildman–Crippen MR) is 254 cm³/mol. The number of aromatic nitrogens is 8. The number of hydrogen-bond acceptors (Lipinski definition) is 16. The van der Waals surface area contributed by atoms with Gasteiger partial charge in [0.05, 0.1) is 49.5 Å². The summed E-state index contributed by atoms with van der Waals surface area (Å²) in [5, 5.41) is 37.5. The Balaban J connectivity index is 1.04. The number of benzene rings is 2. The van der Waals surface area contributed by atoms with Crippen molar-refractivity contribution < 1.29 is 28.7 Å². The average molecular weight is 969 g/mol. The molecule has 2 aromatic heterocycles. The van der Waals surface area contributed by atoms with Crippen LogP contribution in [0.4, 0.5) is 0 Å². The summed E-state index contributed by atoms with van der Waals surface area (Å²) in [5.41, 5.74) is 0. The van der Waals surface area contributed by atoms with Crippen LogP contribution in [0.3, 0.4) is 0 Å². The minimum absolute atomic E-state index is 0.0667. The third kappa shape index (κ3) is 14.3. The van der Waals surface area contributed by atoms with E-state index in [4.69, 9.17) is 9.47 Å². The van der Waals surface area contributed by atoms with Gasteiger partial charge in [-0.05, 0) is 148 Å². The molecule has 8 atom stereocenters. The third-order valence-electron chi connectivity index (χ3n) is 11.8. The Morgan fingerprint density at radius 1 is 0.647 bits per heavy atom. The van der Waals surface area contributed by atoms with E-state index in [1.165, 1.54) is 23.5 Å². The van der Waals surface area contributed by atoms with Gasteiger partial charge in [-0.15, -0.1) is 10.2 Å². The van der Waals surface area contributed by atoms with Crippen molar-refractivity contribution in [3.8, 4) is 23.7 Å². The SMILES string of the molecule is CN[C@@H](C)C(=O)NC(C(=O)N1CCC[C@H]1Cn1nnnc1Sc1ccccc1)[C@@H](C)OCC#CC#CCO[C@H](C)[C@H](NC(=O)[C@H](C)NC)C(=O)N1CCC[C@H]1Cn1nnnc1Sc1ccccc1. The molecule has 2 aromatic carbocycles. The van der Waals surface area contributed by atoms with Crippen LogP contribution < -0.4 is 21.3 Å². The third-order valence-corrected chi connectivity index (χ3v) is 13.8. The first kappa shape index (κ1) is 51.5. The summed E-state index contributed by atoms with van der Waals surface area (Å²) in [6.45, 7) is 8.54. The standard InChI is InChI=1S/C46H60N14O6S2/c1-31(47-5)41(61)49-39(43(63)57-25-17-19-35(57)29-59-45(51-53-55-59)67-37-21-11-9-12-22-37)33(3)65-27-15-7-8-16-28-66-34(4)40(50-42(62)32(2)48-6)44(64)58-26-18-20-36(58)30-60-46(52-54-56-60)68-38-23-13-10-14-24-38/h9-14,21-24,31-36,39-40,47-48H,17-20,25-30H2,1-6H3,(H,49,61)(H,50,62)/t31-,32-,33+,34+,35-,36-,39-,40?/m0/s1. The minimum atomic E-state index is -0.993. The van der Waals surface area contributed by atoms with Gasteiger partial charge >= 0.3 is 0 Å². The Hall–Kier alpha value is -5.88. The Bertz CT molecular complexity index is 2240. The summed E-state index contributed by atoms with van der Waals surface area (Å²) >= 11 is 2.88. The maximum atomic E-state index is 14.2. The van der Waals surface area contributed by atoms with Gasteiger partial charge in [0.2, 0.25) is 33.9 Å². The minimum Gasteiger partial charge on any atom is -0.363 e. The quantitative estimate of drug-likeness (QED) is 0.0822. The van der Waals surface area contributed by atoms with Crippen LogP contribution in [0.1, 0.15) is 53.4 Å². The van der Waals surface area contributed by atoms with Gasteiger partial charge in [0.15, 0.2) is 0 Å². The van der Waals surface area contributed by atoms with E-state index in [0.29, 0.717) is 36.5 Å². The first-order chi connectivity index (χ1) is 33.0. The maximum absolute atomic E-state index is 14.2. The zero-order valence-corrected chi connectivity index (χ0v) is 40.8. The van der Waals surface area contributed by atoms with Crippen LogP contribution in [0.2, 0.25) is 0 Å². The van der Waals surface area contributed by atoms with Gasteiger partial charge in [0.25, 0.3) is 0 Å². The van der Waals surface area contributed by atoms with Crippen molar-refractivity contribution in [3.05, 3.63) is 60.7 Å². The van der Waals surface area contributed by atoms with Gasteiger partial charge in [-0.2, -0.15) is 0 Å². The lowest BCUT2D eigenvalue weighted by Gasteiger charge is -2.32. The first-order valence-electron chi connectivity index (χ1n) is 22.7. The van der Waals surface area contributed by atoms with E-state index in [1.54, 1.807) is 61.0 Å². The van der Waals surface area contributed by atoms with Crippen LogP contribution in [0.25, 0.3) is 0 Å². The van der Waals surface area contributed by atoms with Crippen molar-refractivity contribution in [2.75, 3.05) is 40.4 Å². The number of tetrazole rings is 2. The smallest absolute Gasteiger partial charge is 0.248 e. The van der Waals surface area contributed by atoms with E-state index < -0.39 is 36.4 Å². The van der Waals surface area contributed by atoms with Crippen molar-refractivity contribution in [3.63, 3.8) is 0 Å². The summed E-state index contributed by atoms with van der Waals surface area (Å²) in [7, 11) is 3.34. The number of carbonyl (C=O) groups excluding carboxylic acids is 4. The van der Waals surface area contributed by atoms with E-state index in [2.05, 4.69) is 76.0 Å². The topological polar surface area (TPSA) is 229 Å². The number of carbonyl (C=O) groups is 4. The van der Waals surface area contributed by atoms with Crippen molar-refractivity contribution in [1.29, 1.82) is 0 Å². The highest BCUT2D eigenvalue weighted by Gasteiger charge is 2.39. The predicted octanol–water partition coefficient (Wildman–Crippen LogP) is 1.65. The zero-order chi connectivity index (χ0) is 48.4. The monoisotopic (exact) mass is 968 g/mol. The van der Waals surface area contributed by atoms with Gasteiger partial charge < -0.3 is 40.5 Å². The molecular formula is C46H60N14O6S2. The Morgan fingerprint density at radius 2 is 1.04 bits per heavy atom. The molecule has 0 radical (unpaired) electrons. The van der Waals surface area contributed by atoms with Gasteiger partial charge in [-0.3, -0.25) is 19.2 Å². The van der Waals surface area contributed by atoms with Crippen LogP contribution in [-0.2, 0) is 41.7 Å². The van der Waals surface area contributed by atoms with Gasteiger partial charge in [-0.1, -0.05) is 48.2 Å². The van der Waals surface area contributed by atoms with Gasteiger partial charge in [-0.25, -0.2) is 9.36 Å². The number of nitrogens with one attached hydrogen (secondary N) is 4. The summed E-state index contributed by atoms with van der Waals surface area (Å²) in [6, 6.07) is 16.1.